The first kappa shape index (κ1) is 16.8. The van der Waals surface area contributed by atoms with Gasteiger partial charge < -0.3 is 20.8 Å². The molecule has 0 aliphatic carbocycles. The minimum atomic E-state index is -4.49. The predicted molar refractivity (Wildman–Crippen MR) is 70.4 cm³/mol. The summed E-state index contributed by atoms with van der Waals surface area (Å²) in [5.74, 6) is 0. The van der Waals surface area contributed by atoms with Gasteiger partial charge in [-0.3, -0.25) is 4.57 Å². The average molecular weight is 312 g/mol. The molecule has 0 bridgehead atoms. The fourth-order valence-corrected chi connectivity index (χ4v) is 2.18. The summed E-state index contributed by atoms with van der Waals surface area (Å²) in [5.41, 5.74) is 3.71. The van der Waals surface area contributed by atoms with Crippen molar-refractivity contribution in [3.8, 4) is 0 Å². The van der Waals surface area contributed by atoms with Gasteiger partial charge in [0.2, 0.25) is 0 Å². The Kier molecular flexibility index (Phi) is 4.74. The molecule has 1 aromatic carbocycles. The van der Waals surface area contributed by atoms with Crippen LogP contribution in [-0.4, -0.2) is 21.5 Å². The SMILES string of the molecule is CC(Nc1ccc(C(F)(F)F)cc1N)C(C)P(=O)(O)O. The molecular formula is C11H16F3N2O3P. The maximum atomic E-state index is 12.5. The van der Waals surface area contributed by atoms with E-state index in [1.807, 2.05) is 0 Å². The van der Waals surface area contributed by atoms with Gasteiger partial charge in [-0.05, 0) is 32.0 Å². The molecule has 0 saturated heterocycles. The van der Waals surface area contributed by atoms with Crippen LogP contribution in [0, 0.1) is 0 Å². The highest BCUT2D eigenvalue weighted by Crippen LogP contribution is 2.43. The Morgan fingerprint density at radius 2 is 1.85 bits per heavy atom. The highest BCUT2D eigenvalue weighted by Gasteiger charge is 2.32. The van der Waals surface area contributed by atoms with E-state index in [0.29, 0.717) is 0 Å². The van der Waals surface area contributed by atoms with Crippen LogP contribution in [0.5, 0.6) is 0 Å². The van der Waals surface area contributed by atoms with Gasteiger partial charge in [-0.15, -0.1) is 0 Å². The van der Waals surface area contributed by atoms with Crippen LogP contribution in [-0.2, 0) is 10.7 Å². The molecule has 5 nitrogen and oxygen atoms in total. The van der Waals surface area contributed by atoms with Gasteiger partial charge in [-0.2, -0.15) is 13.2 Å². The van der Waals surface area contributed by atoms with E-state index in [1.54, 1.807) is 0 Å². The van der Waals surface area contributed by atoms with Crippen molar-refractivity contribution >= 4 is 19.0 Å². The van der Waals surface area contributed by atoms with Gasteiger partial charge in [-0.1, -0.05) is 0 Å². The van der Waals surface area contributed by atoms with Crippen LogP contribution in [0.3, 0.4) is 0 Å². The largest absolute Gasteiger partial charge is 0.416 e. The summed E-state index contributed by atoms with van der Waals surface area (Å²) in [4.78, 5) is 18.1. The lowest BCUT2D eigenvalue weighted by atomic mass is 10.1. The van der Waals surface area contributed by atoms with Crippen LogP contribution in [0.1, 0.15) is 19.4 Å². The number of benzene rings is 1. The molecule has 0 saturated carbocycles. The first-order chi connectivity index (χ1) is 8.93. The summed E-state index contributed by atoms with van der Waals surface area (Å²) in [6, 6.07) is 2.11. The summed E-state index contributed by atoms with van der Waals surface area (Å²) < 4.78 is 48.5. The lowest BCUT2D eigenvalue weighted by Crippen LogP contribution is -2.28. The molecule has 0 aliphatic rings. The Balaban J connectivity index is 2.92. The number of alkyl halides is 3. The maximum Gasteiger partial charge on any atom is 0.416 e. The van der Waals surface area contributed by atoms with Crippen LogP contribution < -0.4 is 11.1 Å². The molecule has 1 rings (SSSR count). The third-order valence-corrected chi connectivity index (χ3v) is 4.52. The lowest BCUT2D eigenvalue weighted by molar-refractivity contribution is -0.137. The lowest BCUT2D eigenvalue weighted by Gasteiger charge is -2.24. The zero-order valence-electron chi connectivity index (χ0n) is 10.8. The van der Waals surface area contributed by atoms with E-state index < -0.39 is 31.0 Å². The van der Waals surface area contributed by atoms with Gasteiger partial charge in [0, 0.05) is 6.04 Å². The second-order valence-electron chi connectivity index (χ2n) is 4.56. The molecule has 0 radical (unpaired) electrons. The van der Waals surface area contributed by atoms with E-state index in [4.69, 9.17) is 15.5 Å². The first-order valence-corrected chi connectivity index (χ1v) is 7.39. The number of hydrogen-bond acceptors (Lipinski definition) is 3. The molecular weight excluding hydrogens is 296 g/mol. The van der Waals surface area contributed by atoms with Crippen molar-refractivity contribution < 1.29 is 27.5 Å². The van der Waals surface area contributed by atoms with Crippen LogP contribution in [0.4, 0.5) is 24.5 Å². The molecule has 1 aromatic rings. The molecule has 5 N–H and O–H groups in total. The van der Waals surface area contributed by atoms with E-state index >= 15 is 0 Å². The molecule has 114 valence electrons. The summed E-state index contributed by atoms with van der Waals surface area (Å²) in [5, 5.41) is 2.71. The number of hydrogen-bond donors (Lipinski definition) is 4. The highest BCUT2D eigenvalue weighted by atomic mass is 31.2. The molecule has 0 fully saturated rings. The van der Waals surface area contributed by atoms with Crippen molar-refractivity contribution in [3.05, 3.63) is 23.8 Å². The monoisotopic (exact) mass is 312 g/mol. The summed E-state index contributed by atoms with van der Waals surface area (Å²) in [6.07, 6.45) is -4.49. The van der Waals surface area contributed by atoms with Gasteiger partial charge >= 0.3 is 13.8 Å². The average Bonchev–Trinajstić information content (AvgIpc) is 2.28. The van der Waals surface area contributed by atoms with Crippen LogP contribution in [0.2, 0.25) is 0 Å². The second kappa shape index (κ2) is 5.63. The molecule has 0 spiro atoms. The van der Waals surface area contributed by atoms with Gasteiger partial charge in [0.1, 0.15) is 0 Å². The third-order valence-electron chi connectivity index (χ3n) is 3.02. The summed E-state index contributed by atoms with van der Waals surface area (Å²) >= 11 is 0. The maximum absolute atomic E-state index is 12.5. The fourth-order valence-electron chi connectivity index (χ4n) is 1.53. The van der Waals surface area contributed by atoms with E-state index in [0.717, 1.165) is 18.2 Å². The van der Waals surface area contributed by atoms with Crippen molar-refractivity contribution in [1.29, 1.82) is 0 Å². The standard InChI is InChI=1S/C11H16F3N2O3P/c1-6(7(2)20(17,18)19)16-10-4-3-8(5-9(10)15)11(12,13)14/h3-7,16H,15H2,1-2H3,(H2,17,18,19). The Morgan fingerprint density at radius 1 is 1.30 bits per heavy atom. The predicted octanol–water partition coefficient (Wildman–Crippen LogP) is 2.65. The number of rotatable bonds is 4. The van der Waals surface area contributed by atoms with Crippen LogP contribution >= 0.6 is 7.60 Å². The third kappa shape index (κ3) is 4.13. The Morgan fingerprint density at radius 3 is 2.25 bits per heavy atom. The van der Waals surface area contributed by atoms with Crippen molar-refractivity contribution in [2.24, 2.45) is 0 Å². The summed E-state index contributed by atoms with van der Waals surface area (Å²) in [6.45, 7) is 2.86. The number of nitrogens with one attached hydrogen (secondary N) is 1. The molecule has 0 amide bonds. The Bertz CT molecular complexity index is 530. The molecule has 2 unspecified atom stereocenters. The Hall–Kier alpha value is -1.24. The topological polar surface area (TPSA) is 95.6 Å². The zero-order chi connectivity index (χ0) is 15.7. The smallest absolute Gasteiger partial charge is 0.397 e. The molecule has 0 heterocycles. The highest BCUT2D eigenvalue weighted by molar-refractivity contribution is 7.52. The van der Waals surface area contributed by atoms with Gasteiger partial charge in [-0.25, -0.2) is 0 Å². The van der Waals surface area contributed by atoms with Gasteiger partial charge in [0.05, 0.1) is 22.6 Å². The molecule has 2 atom stereocenters. The first-order valence-electron chi connectivity index (χ1n) is 5.71. The van der Waals surface area contributed by atoms with Crippen molar-refractivity contribution in [2.75, 3.05) is 11.1 Å². The van der Waals surface area contributed by atoms with Crippen molar-refractivity contribution in [2.45, 2.75) is 31.7 Å². The quantitative estimate of drug-likeness (QED) is 0.506. The van der Waals surface area contributed by atoms with Gasteiger partial charge in [0.25, 0.3) is 0 Å². The molecule has 20 heavy (non-hydrogen) atoms. The summed E-state index contributed by atoms with van der Waals surface area (Å²) in [7, 11) is -4.28. The number of anilines is 2. The van der Waals surface area contributed by atoms with Crippen LogP contribution in [0.25, 0.3) is 0 Å². The molecule has 0 aliphatic heterocycles. The number of halogens is 3. The number of nitrogens with two attached hydrogens (primary N) is 1. The fraction of sp³-hybridized carbons (Fsp3) is 0.455. The van der Waals surface area contributed by atoms with Crippen molar-refractivity contribution in [3.63, 3.8) is 0 Å². The van der Waals surface area contributed by atoms with Crippen molar-refractivity contribution in [1.82, 2.24) is 0 Å². The van der Waals surface area contributed by atoms with E-state index in [1.165, 1.54) is 13.8 Å². The second-order valence-corrected chi connectivity index (χ2v) is 6.56. The normalized spacial score (nSPS) is 15.8. The minimum Gasteiger partial charge on any atom is -0.397 e. The van der Waals surface area contributed by atoms with E-state index in [9.17, 15) is 17.7 Å². The molecule has 9 heteroatoms. The Labute approximate surface area is 114 Å². The van der Waals surface area contributed by atoms with Crippen LogP contribution in [0.15, 0.2) is 18.2 Å². The van der Waals surface area contributed by atoms with E-state index in [2.05, 4.69) is 5.32 Å². The van der Waals surface area contributed by atoms with Gasteiger partial charge in [0.15, 0.2) is 0 Å². The zero-order valence-corrected chi connectivity index (χ0v) is 11.7. The minimum absolute atomic E-state index is 0.135. The number of nitrogen functional groups attached to an aromatic ring is 1. The molecule has 0 aromatic heterocycles. The van der Waals surface area contributed by atoms with E-state index in [-0.39, 0.29) is 11.4 Å².